The summed E-state index contributed by atoms with van der Waals surface area (Å²) in [5, 5.41) is 17.5. The molecule has 3 unspecified atom stereocenters. The number of imide groups is 1. The highest BCUT2D eigenvalue weighted by Crippen LogP contribution is 2.47. The van der Waals surface area contributed by atoms with Gasteiger partial charge in [-0.25, -0.2) is 19.3 Å². The van der Waals surface area contributed by atoms with Crippen LogP contribution in [0.3, 0.4) is 0 Å². The summed E-state index contributed by atoms with van der Waals surface area (Å²) in [5.41, 5.74) is -0.473. The van der Waals surface area contributed by atoms with Crippen LogP contribution in [0, 0.1) is 5.41 Å². The molecule has 3 aliphatic rings. The number of piperazine rings is 1. The number of fused-ring (bicyclic) bond motifs is 1. The summed E-state index contributed by atoms with van der Waals surface area (Å²) in [6.07, 6.45) is 3.44. The fraction of sp³-hybridized carbons (Fsp3) is 0.514. The van der Waals surface area contributed by atoms with Crippen molar-refractivity contribution in [3.8, 4) is 0 Å². The molecule has 3 aromatic rings. The lowest BCUT2D eigenvalue weighted by Gasteiger charge is -2.46. The van der Waals surface area contributed by atoms with Crippen LogP contribution in [0.4, 0.5) is 21.1 Å². The fourth-order valence-electron chi connectivity index (χ4n) is 6.42. The third-order valence-electron chi connectivity index (χ3n) is 9.38. The van der Waals surface area contributed by atoms with Crippen molar-refractivity contribution in [2.24, 2.45) is 5.41 Å². The van der Waals surface area contributed by atoms with Crippen LogP contribution >= 0.6 is 0 Å². The van der Waals surface area contributed by atoms with Crippen LogP contribution in [-0.4, -0.2) is 90.9 Å². The number of benzene rings is 1. The summed E-state index contributed by atoms with van der Waals surface area (Å²) in [4.78, 5) is 74.6. The maximum Gasteiger partial charge on any atom is 0.425 e. The largest absolute Gasteiger partial charge is 0.464 e. The van der Waals surface area contributed by atoms with E-state index in [9.17, 15) is 29.1 Å². The van der Waals surface area contributed by atoms with Crippen LogP contribution in [-0.2, 0) is 23.9 Å². The first kappa shape index (κ1) is 34.8. The predicted octanol–water partition coefficient (Wildman–Crippen LogP) is 5.09. The van der Waals surface area contributed by atoms with Crippen molar-refractivity contribution in [3.05, 3.63) is 48.3 Å². The average Bonchev–Trinajstić information content (AvgIpc) is 3.66. The third-order valence-corrected chi connectivity index (χ3v) is 9.38. The van der Waals surface area contributed by atoms with E-state index in [0.717, 1.165) is 37.4 Å². The molecule has 1 aliphatic carbocycles. The molecule has 0 spiro atoms. The third kappa shape index (κ3) is 6.99. The highest BCUT2D eigenvalue weighted by molar-refractivity contribution is 6.40. The molecule has 0 bridgehead atoms. The lowest BCUT2D eigenvalue weighted by molar-refractivity contribution is -0.153. The van der Waals surface area contributed by atoms with Gasteiger partial charge in [0.05, 0.1) is 23.3 Å². The Balaban J connectivity index is 1.33. The first-order valence-corrected chi connectivity index (χ1v) is 16.9. The zero-order valence-electron chi connectivity index (χ0n) is 28.9. The standard InChI is InChI=1S/C35H43N7O8/c1-21-18-40(25(22-11-7-6-8-12-22)20-39(21)31(45)35(5)14-15-35)30(44)29(43)37-24-17-36-28(42(32(46)47)33(48)50-34(2,3)4)23-19-41(38-27(23)24)26-13-9-10-16-49-26/h6-8,11-12,17,19,21,25-26H,9-10,13-16,18,20H2,1-5H3,(H,37,43)(H,46,47). The van der Waals surface area contributed by atoms with Gasteiger partial charge in [-0.1, -0.05) is 37.3 Å². The maximum absolute atomic E-state index is 14.0. The zero-order chi connectivity index (χ0) is 36.0. The number of anilines is 2. The van der Waals surface area contributed by atoms with Crippen molar-refractivity contribution in [3.63, 3.8) is 0 Å². The number of carboxylic acid groups (broad SMARTS) is 1. The van der Waals surface area contributed by atoms with E-state index in [1.165, 1.54) is 15.8 Å². The van der Waals surface area contributed by atoms with Gasteiger partial charge in [0.15, 0.2) is 5.82 Å². The van der Waals surface area contributed by atoms with Gasteiger partial charge in [-0.15, -0.1) is 0 Å². The van der Waals surface area contributed by atoms with Crippen LogP contribution in [0.2, 0.25) is 0 Å². The van der Waals surface area contributed by atoms with E-state index < -0.39 is 47.3 Å². The van der Waals surface area contributed by atoms with Gasteiger partial charge >= 0.3 is 24.0 Å². The Labute approximate surface area is 289 Å². The van der Waals surface area contributed by atoms with E-state index in [2.05, 4.69) is 15.4 Å². The second kappa shape index (κ2) is 13.3. The van der Waals surface area contributed by atoms with Gasteiger partial charge in [0, 0.05) is 37.4 Å². The topological polar surface area (TPSA) is 176 Å². The van der Waals surface area contributed by atoms with Crippen LogP contribution < -0.4 is 10.2 Å². The molecule has 3 atom stereocenters. The van der Waals surface area contributed by atoms with Crippen LogP contribution in [0.5, 0.6) is 0 Å². The summed E-state index contributed by atoms with van der Waals surface area (Å²) in [6.45, 7) is 9.52. The number of nitrogens with zero attached hydrogens (tertiary/aromatic N) is 6. The number of aromatic nitrogens is 3. The molecule has 15 nitrogen and oxygen atoms in total. The molecule has 3 fully saturated rings. The van der Waals surface area contributed by atoms with Gasteiger partial charge in [-0.3, -0.25) is 14.4 Å². The van der Waals surface area contributed by atoms with E-state index in [-0.39, 0.29) is 47.4 Å². The smallest absolute Gasteiger partial charge is 0.425 e. The molecule has 1 aromatic carbocycles. The van der Waals surface area contributed by atoms with Crippen molar-refractivity contribution in [1.29, 1.82) is 0 Å². The summed E-state index contributed by atoms with van der Waals surface area (Å²) < 4.78 is 12.7. The number of nitrogens with one attached hydrogen (secondary N) is 1. The molecule has 2 aromatic heterocycles. The Morgan fingerprint density at radius 3 is 2.40 bits per heavy atom. The van der Waals surface area contributed by atoms with Crippen molar-refractivity contribution < 1.29 is 38.6 Å². The molecule has 266 valence electrons. The Bertz CT molecular complexity index is 1810. The highest BCUT2D eigenvalue weighted by atomic mass is 16.6. The molecular weight excluding hydrogens is 646 g/mol. The van der Waals surface area contributed by atoms with E-state index in [1.54, 1.807) is 20.8 Å². The molecule has 5 amide bonds. The number of hydrogen-bond acceptors (Lipinski definition) is 9. The van der Waals surface area contributed by atoms with E-state index in [0.29, 0.717) is 17.9 Å². The Hall–Kier alpha value is -5.05. The number of rotatable bonds is 5. The minimum atomic E-state index is -1.63. The van der Waals surface area contributed by atoms with Crippen molar-refractivity contribution in [1.82, 2.24) is 24.6 Å². The Morgan fingerprint density at radius 1 is 1.06 bits per heavy atom. The fourth-order valence-corrected chi connectivity index (χ4v) is 6.42. The second-order valence-corrected chi connectivity index (χ2v) is 14.5. The molecule has 1 saturated carbocycles. The molecular formula is C35H43N7O8. The second-order valence-electron chi connectivity index (χ2n) is 14.5. The van der Waals surface area contributed by atoms with E-state index in [1.807, 2.05) is 49.1 Å². The lowest BCUT2D eigenvalue weighted by atomic mass is 9.97. The summed E-state index contributed by atoms with van der Waals surface area (Å²) >= 11 is 0. The number of hydrogen-bond donors (Lipinski definition) is 2. The van der Waals surface area contributed by atoms with Crippen molar-refractivity contribution in [2.45, 2.75) is 90.6 Å². The quantitative estimate of drug-likeness (QED) is 0.343. The molecule has 50 heavy (non-hydrogen) atoms. The number of carbonyl (C=O) groups is 5. The first-order valence-electron chi connectivity index (χ1n) is 16.9. The molecule has 2 saturated heterocycles. The van der Waals surface area contributed by atoms with Crippen molar-refractivity contribution >= 4 is 52.3 Å². The molecule has 0 radical (unpaired) electrons. The summed E-state index contributed by atoms with van der Waals surface area (Å²) in [5.74, 6) is -2.01. The predicted molar refractivity (Wildman–Crippen MR) is 181 cm³/mol. The van der Waals surface area contributed by atoms with Gasteiger partial charge in [-0.2, -0.15) is 10.00 Å². The van der Waals surface area contributed by atoms with Gasteiger partial charge in [0.2, 0.25) is 5.91 Å². The number of carbonyl (C=O) groups excluding carboxylic acids is 4. The van der Waals surface area contributed by atoms with Gasteiger partial charge in [0.25, 0.3) is 0 Å². The van der Waals surface area contributed by atoms with E-state index >= 15 is 0 Å². The molecule has 2 N–H and O–H groups in total. The normalized spacial score (nSPS) is 21.7. The zero-order valence-corrected chi connectivity index (χ0v) is 28.9. The van der Waals surface area contributed by atoms with Crippen molar-refractivity contribution in [2.75, 3.05) is 29.9 Å². The number of amides is 5. The summed E-state index contributed by atoms with van der Waals surface area (Å²) in [7, 11) is 0. The Kier molecular flexibility index (Phi) is 9.29. The minimum Gasteiger partial charge on any atom is -0.464 e. The monoisotopic (exact) mass is 689 g/mol. The molecule has 4 heterocycles. The minimum absolute atomic E-state index is 0.0333. The molecule has 15 heteroatoms. The van der Waals surface area contributed by atoms with Crippen LogP contribution in [0.1, 0.15) is 84.6 Å². The average molecular weight is 690 g/mol. The lowest BCUT2D eigenvalue weighted by Crippen LogP contribution is -2.59. The van der Waals surface area contributed by atoms with Crippen LogP contribution in [0.25, 0.3) is 10.9 Å². The highest BCUT2D eigenvalue weighted by Gasteiger charge is 2.50. The number of ether oxygens (including phenoxy) is 2. The van der Waals surface area contributed by atoms with E-state index in [4.69, 9.17) is 9.47 Å². The van der Waals surface area contributed by atoms with Gasteiger partial charge in [-0.05, 0) is 65.4 Å². The van der Waals surface area contributed by atoms with Gasteiger partial charge in [0.1, 0.15) is 17.3 Å². The summed E-state index contributed by atoms with van der Waals surface area (Å²) in [6, 6.07) is 8.38. The number of pyridine rings is 1. The molecule has 2 aliphatic heterocycles. The van der Waals surface area contributed by atoms with Crippen LogP contribution in [0.15, 0.2) is 42.7 Å². The Morgan fingerprint density at radius 2 is 1.78 bits per heavy atom. The molecule has 6 rings (SSSR count). The first-order chi connectivity index (χ1) is 23.7. The van der Waals surface area contributed by atoms with Gasteiger partial charge < -0.3 is 29.7 Å². The SMILES string of the molecule is CC1CN(C(=O)C(=O)Nc2cnc(N(C(=O)O)C(=O)OC(C)(C)C)c3cn(C4CCCCO4)nc23)C(c2ccccc2)CN1C(=O)C1(C)CC1. The maximum atomic E-state index is 14.0.